The van der Waals surface area contributed by atoms with E-state index in [9.17, 15) is 19.5 Å². The van der Waals surface area contributed by atoms with Gasteiger partial charge in [-0.25, -0.2) is 0 Å². The number of nitrogens with zero attached hydrogens (tertiary/aromatic N) is 1. The van der Waals surface area contributed by atoms with Crippen LogP contribution < -0.4 is 16.4 Å². The molecule has 0 fully saturated rings. The predicted octanol–water partition coefficient (Wildman–Crippen LogP) is 2.56. The lowest BCUT2D eigenvalue weighted by atomic mass is 10.1. The Morgan fingerprint density at radius 1 is 1.04 bits per heavy atom. The largest absolute Gasteiger partial charge is 0.506 e. The Labute approximate surface area is 162 Å². The van der Waals surface area contributed by atoms with Crippen molar-refractivity contribution in [3.05, 3.63) is 74.5 Å². The van der Waals surface area contributed by atoms with Gasteiger partial charge in [-0.3, -0.25) is 25.2 Å². The summed E-state index contributed by atoms with van der Waals surface area (Å²) in [6.07, 6.45) is 0. The van der Waals surface area contributed by atoms with E-state index in [4.69, 9.17) is 0 Å². The van der Waals surface area contributed by atoms with Crippen molar-refractivity contribution in [3.63, 3.8) is 0 Å². The second kappa shape index (κ2) is 7.63. The van der Waals surface area contributed by atoms with E-state index in [1.807, 2.05) is 0 Å². The molecule has 0 saturated heterocycles. The molecule has 2 aromatic carbocycles. The van der Waals surface area contributed by atoms with Crippen molar-refractivity contribution < 1.29 is 14.7 Å². The summed E-state index contributed by atoms with van der Waals surface area (Å²) >= 11 is 3.27. The Balaban J connectivity index is 1.91. The van der Waals surface area contributed by atoms with Crippen molar-refractivity contribution in [3.8, 4) is 5.75 Å². The summed E-state index contributed by atoms with van der Waals surface area (Å²) < 4.78 is 2.20. The number of hydrogen-bond acceptors (Lipinski definition) is 4. The van der Waals surface area contributed by atoms with E-state index in [0.29, 0.717) is 23.0 Å². The number of pyridine rings is 1. The van der Waals surface area contributed by atoms with Crippen molar-refractivity contribution in [2.45, 2.75) is 13.5 Å². The summed E-state index contributed by atoms with van der Waals surface area (Å²) in [4.78, 5) is 37.2. The number of benzene rings is 2. The number of carbonyl (C=O) groups excluding carboxylic acids is 2. The fourth-order valence-corrected chi connectivity index (χ4v) is 3.02. The highest BCUT2D eigenvalue weighted by Gasteiger charge is 2.22. The monoisotopic (exact) mass is 429 g/mol. The molecule has 1 aromatic heterocycles. The van der Waals surface area contributed by atoms with E-state index in [2.05, 4.69) is 26.8 Å². The molecule has 0 unspecified atom stereocenters. The van der Waals surface area contributed by atoms with Crippen LogP contribution in [0.25, 0.3) is 10.9 Å². The Bertz CT molecular complexity index is 1090. The average Bonchev–Trinajstić information content (AvgIpc) is 2.67. The highest BCUT2D eigenvalue weighted by molar-refractivity contribution is 9.10. The first-order valence-electron chi connectivity index (χ1n) is 8.14. The molecule has 0 radical (unpaired) electrons. The fraction of sp³-hybridized carbons (Fsp3) is 0.105. The molecule has 0 bridgehead atoms. The Morgan fingerprint density at radius 2 is 1.67 bits per heavy atom. The normalized spacial score (nSPS) is 10.6. The zero-order valence-electron chi connectivity index (χ0n) is 14.3. The van der Waals surface area contributed by atoms with Crippen LogP contribution in [0, 0.1) is 0 Å². The maximum Gasteiger partial charge on any atom is 0.279 e. The van der Waals surface area contributed by atoms with Crippen molar-refractivity contribution in [2.75, 3.05) is 0 Å². The SMILES string of the molecule is CCn1c(=O)c(C(=O)NNC(=O)c2ccc(Br)cc2)c(O)c2ccccc21. The number of hydrogen-bond donors (Lipinski definition) is 3. The van der Waals surface area contributed by atoms with E-state index in [1.165, 1.54) is 4.57 Å². The summed E-state index contributed by atoms with van der Waals surface area (Å²) in [7, 11) is 0. The standard InChI is InChI=1S/C19H16BrN3O4/c1-2-23-14-6-4-3-5-13(14)16(24)15(19(23)27)18(26)22-21-17(25)11-7-9-12(20)10-8-11/h3-10,24H,2H2,1H3,(H,21,25)(H,22,26). The molecule has 27 heavy (non-hydrogen) atoms. The molecule has 3 rings (SSSR count). The fourth-order valence-electron chi connectivity index (χ4n) is 2.76. The zero-order valence-corrected chi connectivity index (χ0v) is 15.9. The lowest BCUT2D eigenvalue weighted by molar-refractivity contribution is 0.0844. The topological polar surface area (TPSA) is 100 Å². The molecule has 0 spiro atoms. The number of carbonyl (C=O) groups is 2. The Kier molecular flexibility index (Phi) is 5.27. The minimum atomic E-state index is -0.893. The number of aromatic hydroxyl groups is 1. The van der Waals surface area contributed by atoms with E-state index < -0.39 is 28.7 Å². The van der Waals surface area contributed by atoms with E-state index in [-0.39, 0.29) is 0 Å². The summed E-state index contributed by atoms with van der Waals surface area (Å²) in [5.74, 6) is -1.86. The van der Waals surface area contributed by atoms with E-state index >= 15 is 0 Å². The molecule has 0 saturated carbocycles. The van der Waals surface area contributed by atoms with Crippen molar-refractivity contribution in [1.29, 1.82) is 0 Å². The van der Waals surface area contributed by atoms with Gasteiger partial charge in [0.25, 0.3) is 17.4 Å². The van der Waals surface area contributed by atoms with Crippen LogP contribution in [0.15, 0.2) is 57.8 Å². The number of rotatable bonds is 3. The van der Waals surface area contributed by atoms with Crippen LogP contribution in [0.3, 0.4) is 0 Å². The molecule has 0 aliphatic carbocycles. The third-order valence-corrected chi connectivity index (χ3v) is 4.61. The molecule has 0 aliphatic heterocycles. The quantitative estimate of drug-likeness (QED) is 0.556. The van der Waals surface area contributed by atoms with Crippen molar-refractivity contribution >= 4 is 38.6 Å². The molecule has 0 atom stereocenters. The van der Waals surface area contributed by atoms with Crippen LogP contribution in [0.1, 0.15) is 27.6 Å². The first-order valence-corrected chi connectivity index (χ1v) is 8.94. The summed E-state index contributed by atoms with van der Waals surface area (Å²) in [5.41, 5.74) is 4.22. The van der Waals surface area contributed by atoms with Gasteiger partial charge in [-0.05, 0) is 43.3 Å². The first kappa shape index (κ1) is 18.7. The third-order valence-electron chi connectivity index (χ3n) is 4.09. The minimum Gasteiger partial charge on any atom is -0.506 e. The number of fused-ring (bicyclic) bond motifs is 1. The minimum absolute atomic E-state index is 0.325. The Morgan fingerprint density at radius 3 is 2.33 bits per heavy atom. The van der Waals surface area contributed by atoms with Gasteiger partial charge in [0.05, 0.1) is 5.52 Å². The van der Waals surface area contributed by atoms with Gasteiger partial charge < -0.3 is 9.67 Å². The Hall–Kier alpha value is -3.13. The first-order chi connectivity index (χ1) is 12.9. The number of amides is 2. The van der Waals surface area contributed by atoms with Crippen molar-refractivity contribution in [1.82, 2.24) is 15.4 Å². The van der Waals surface area contributed by atoms with Crippen molar-refractivity contribution in [2.24, 2.45) is 0 Å². The van der Waals surface area contributed by atoms with Crippen LogP contribution in [-0.2, 0) is 6.54 Å². The number of hydrazine groups is 1. The van der Waals surface area contributed by atoms with Crippen LogP contribution in [0.2, 0.25) is 0 Å². The summed E-state index contributed by atoms with van der Waals surface area (Å²) in [6.45, 7) is 2.09. The van der Waals surface area contributed by atoms with Gasteiger partial charge in [0, 0.05) is 22.0 Å². The number of nitrogens with one attached hydrogen (secondary N) is 2. The van der Waals surface area contributed by atoms with Crippen LogP contribution in [0.4, 0.5) is 0 Å². The molecular formula is C19H16BrN3O4. The second-order valence-corrected chi connectivity index (χ2v) is 6.62. The maximum absolute atomic E-state index is 12.7. The maximum atomic E-state index is 12.7. The van der Waals surface area contributed by atoms with Gasteiger partial charge in [-0.1, -0.05) is 28.1 Å². The van der Waals surface area contributed by atoms with Gasteiger partial charge >= 0.3 is 0 Å². The molecule has 7 nitrogen and oxygen atoms in total. The predicted molar refractivity (Wildman–Crippen MR) is 105 cm³/mol. The lowest BCUT2D eigenvalue weighted by Crippen LogP contribution is -2.44. The third kappa shape index (κ3) is 3.56. The molecule has 1 heterocycles. The highest BCUT2D eigenvalue weighted by atomic mass is 79.9. The van der Waals surface area contributed by atoms with Gasteiger partial charge in [0.1, 0.15) is 11.3 Å². The number of halogens is 1. The molecule has 3 aromatic rings. The number of aromatic nitrogens is 1. The molecule has 0 aliphatic rings. The van der Waals surface area contributed by atoms with Crippen LogP contribution in [-0.4, -0.2) is 21.5 Å². The zero-order chi connectivity index (χ0) is 19.6. The van der Waals surface area contributed by atoms with Crippen LogP contribution >= 0.6 is 15.9 Å². The highest BCUT2D eigenvalue weighted by Crippen LogP contribution is 2.26. The molecule has 138 valence electrons. The number of para-hydroxylation sites is 1. The number of aryl methyl sites for hydroxylation is 1. The van der Waals surface area contributed by atoms with Gasteiger partial charge in [-0.2, -0.15) is 0 Å². The smallest absolute Gasteiger partial charge is 0.279 e. The summed E-state index contributed by atoms with van der Waals surface area (Å²) in [6, 6.07) is 13.3. The molecular weight excluding hydrogens is 414 g/mol. The average molecular weight is 430 g/mol. The second-order valence-electron chi connectivity index (χ2n) is 5.71. The van der Waals surface area contributed by atoms with Gasteiger partial charge in [-0.15, -0.1) is 0 Å². The summed E-state index contributed by atoms with van der Waals surface area (Å²) in [5, 5.41) is 10.8. The van der Waals surface area contributed by atoms with Crippen LogP contribution in [0.5, 0.6) is 5.75 Å². The van der Waals surface area contributed by atoms with Gasteiger partial charge in [0.2, 0.25) is 0 Å². The molecule has 8 heteroatoms. The molecule has 2 amide bonds. The van der Waals surface area contributed by atoms with E-state index in [0.717, 1.165) is 4.47 Å². The lowest BCUT2D eigenvalue weighted by Gasteiger charge is -2.14. The molecule has 3 N–H and O–H groups in total. The van der Waals surface area contributed by atoms with Gasteiger partial charge in [0.15, 0.2) is 0 Å². The van der Waals surface area contributed by atoms with E-state index in [1.54, 1.807) is 55.5 Å².